The van der Waals surface area contributed by atoms with Gasteiger partial charge in [0.05, 0.1) is 5.69 Å². The molecule has 8 nitrogen and oxygen atoms in total. The van der Waals surface area contributed by atoms with Crippen molar-refractivity contribution in [1.82, 2.24) is 15.3 Å². The second kappa shape index (κ2) is 7.59. The number of aromatic nitrogens is 2. The van der Waals surface area contributed by atoms with Gasteiger partial charge in [-0.1, -0.05) is 26.0 Å². The maximum Gasteiger partial charge on any atom is 0.335 e. The van der Waals surface area contributed by atoms with Gasteiger partial charge in [-0.3, -0.25) is 14.9 Å². The van der Waals surface area contributed by atoms with Crippen LogP contribution in [0.1, 0.15) is 30.9 Å². The number of benzene rings is 1. The fraction of sp³-hybridized carbons (Fsp3) is 0.250. The minimum Gasteiger partial charge on any atom is -0.347 e. The van der Waals surface area contributed by atoms with Gasteiger partial charge in [0.25, 0.3) is 11.8 Å². The Bertz CT molecular complexity index is 947. The largest absolute Gasteiger partial charge is 0.347 e. The maximum atomic E-state index is 12.9. The molecule has 1 aliphatic heterocycles. The fourth-order valence-corrected chi connectivity index (χ4v) is 2.70. The van der Waals surface area contributed by atoms with Crippen molar-refractivity contribution < 1.29 is 14.4 Å². The number of carbonyl (C=O) groups excluding carboxylic acids is 3. The molecule has 1 N–H and O–H groups in total. The van der Waals surface area contributed by atoms with Crippen LogP contribution in [0.5, 0.6) is 0 Å². The number of hydrogen-bond donors (Lipinski definition) is 1. The fourth-order valence-electron chi connectivity index (χ4n) is 2.70. The number of hydrogen-bond acceptors (Lipinski definition) is 6. The first-order valence-electron chi connectivity index (χ1n) is 8.78. The molecule has 1 aromatic carbocycles. The quantitative estimate of drug-likeness (QED) is 0.647. The van der Waals surface area contributed by atoms with Gasteiger partial charge in [-0.05, 0) is 29.7 Å². The molecule has 0 spiro atoms. The highest BCUT2D eigenvalue weighted by molar-refractivity contribution is 6.39. The van der Waals surface area contributed by atoms with Crippen LogP contribution in [-0.2, 0) is 9.59 Å². The smallest absolute Gasteiger partial charge is 0.335 e. The summed E-state index contributed by atoms with van der Waals surface area (Å²) in [6.45, 7) is 4.10. The van der Waals surface area contributed by atoms with Crippen molar-refractivity contribution >= 4 is 35.6 Å². The van der Waals surface area contributed by atoms with E-state index in [1.807, 2.05) is 12.1 Å². The molecule has 1 saturated heterocycles. The second-order valence-electron chi connectivity index (χ2n) is 6.91. The number of urea groups is 1. The highest BCUT2D eigenvalue weighted by Gasteiger charge is 2.36. The highest BCUT2D eigenvalue weighted by atomic mass is 16.2. The van der Waals surface area contributed by atoms with Gasteiger partial charge < -0.3 is 4.90 Å². The van der Waals surface area contributed by atoms with Gasteiger partial charge in [-0.2, -0.15) is 0 Å². The van der Waals surface area contributed by atoms with Crippen molar-refractivity contribution in [2.75, 3.05) is 23.9 Å². The Hall–Kier alpha value is -3.55. The number of carbonyl (C=O) groups is 3. The van der Waals surface area contributed by atoms with Crippen LogP contribution in [0.25, 0.3) is 6.08 Å². The van der Waals surface area contributed by atoms with Crippen LogP contribution in [0, 0.1) is 0 Å². The van der Waals surface area contributed by atoms with Crippen LogP contribution in [0.15, 0.2) is 42.2 Å². The Morgan fingerprint density at radius 3 is 2.18 bits per heavy atom. The van der Waals surface area contributed by atoms with Crippen molar-refractivity contribution in [2.24, 2.45) is 0 Å². The Labute approximate surface area is 162 Å². The summed E-state index contributed by atoms with van der Waals surface area (Å²) < 4.78 is 0. The number of amides is 4. The number of anilines is 2. The molecule has 0 bridgehead atoms. The van der Waals surface area contributed by atoms with E-state index in [0.29, 0.717) is 23.1 Å². The summed E-state index contributed by atoms with van der Waals surface area (Å²) in [5, 5.41) is 2.21. The van der Waals surface area contributed by atoms with Crippen LogP contribution < -0.4 is 15.1 Å². The van der Waals surface area contributed by atoms with Crippen molar-refractivity contribution in [3.05, 3.63) is 53.4 Å². The van der Waals surface area contributed by atoms with Gasteiger partial charge in [0, 0.05) is 32.1 Å². The molecule has 0 unspecified atom stereocenters. The molecule has 2 heterocycles. The SMILES string of the molecule is CC(C)c1ccc(N2C(=O)NC(=O)/C(=C/c3cnc(N(C)C)nc3)C2=O)cc1. The summed E-state index contributed by atoms with van der Waals surface area (Å²) in [5.74, 6) is -0.616. The van der Waals surface area contributed by atoms with E-state index in [1.54, 1.807) is 31.1 Å². The topological polar surface area (TPSA) is 95.5 Å². The molecule has 4 amide bonds. The van der Waals surface area contributed by atoms with Gasteiger partial charge in [0.2, 0.25) is 5.95 Å². The van der Waals surface area contributed by atoms with E-state index in [4.69, 9.17) is 0 Å². The van der Waals surface area contributed by atoms with Crippen LogP contribution in [0.2, 0.25) is 0 Å². The summed E-state index contributed by atoms with van der Waals surface area (Å²) in [7, 11) is 3.61. The molecule has 1 aromatic heterocycles. The van der Waals surface area contributed by atoms with E-state index in [1.165, 1.54) is 18.5 Å². The first kappa shape index (κ1) is 19.2. The molecule has 1 aliphatic rings. The predicted octanol–water partition coefficient (Wildman–Crippen LogP) is 2.33. The Morgan fingerprint density at radius 2 is 1.64 bits per heavy atom. The molecular formula is C20H21N5O3. The lowest BCUT2D eigenvalue weighted by Crippen LogP contribution is -2.54. The molecule has 0 aliphatic carbocycles. The van der Waals surface area contributed by atoms with Crippen LogP contribution in [0.3, 0.4) is 0 Å². The summed E-state index contributed by atoms with van der Waals surface area (Å²) in [4.78, 5) is 48.4. The number of nitrogens with zero attached hydrogens (tertiary/aromatic N) is 4. The van der Waals surface area contributed by atoms with Gasteiger partial charge >= 0.3 is 6.03 Å². The Balaban J connectivity index is 1.93. The molecule has 0 radical (unpaired) electrons. The van der Waals surface area contributed by atoms with Gasteiger partial charge in [0.1, 0.15) is 5.57 Å². The van der Waals surface area contributed by atoms with E-state index in [0.717, 1.165) is 10.5 Å². The maximum absolute atomic E-state index is 12.9. The number of imide groups is 2. The Morgan fingerprint density at radius 1 is 1.04 bits per heavy atom. The van der Waals surface area contributed by atoms with Crippen molar-refractivity contribution in [2.45, 2.75) is 19.8 Å². The third-order valence-electron chi connectivity index (χ3n) is 4.29. The third kappa shape index (κ3) is 3.75. The van der Waals surface area contributed by atoms with Gasteiger partial charge in [-0.15, -0.1) is 0 Å². The second-order valence-corrected chi connectivity index (χ2v) is 6.91. The molecule has 2 aromatic rings. The predicted molar refractivity (Wildman–Crippen MR) is 106 cm³/mol. The molecular weight excluding hydrogens is 358 g/mol. The minimum absolute atomic E-state index is 0.159. The summed E-state index contributed by atoms with van der Waals surface area (Å²) in [6.07, 6.45) is 4.39. The van der Waals surface area contributed by atoms with Gasteiger partial charge in [0.15, 0.2) is 0 Å². The standard InChI is InChI=1S/C20H21N5O3/c1-12(2)14-5-7-15(8-6-14)25-18(27)16(17(26)23-20(25)28)9-13-10-21-19(22-11-13)24(3)4/h5-12H,1-4H3,(H,23,26,28)/b16-9-. The molecule has 28 heavy (non-hydrogen) atoms. The van der Waals surface area contributed by atoms with E-state index in [2.05, 4.69) is 29.1 Å². The van der Waals surface area contributed by atoms with Crippen molar-refractivity contribution in [3.63, 3.8) is 0 Å². The first-order chi connectivity index (χ1) is 13.3. The summed E-state index contributed by atoms with van der Waals surface area (Å²) in [6, 6.07) is 6.32. The van der Waals surface area contributed by atoms with E-state index < -0.39 is 17.8 Å². The van der Waals surface area contributed by atoms with E-state index in [-0.39, 0.29) is 5.57 Å². The third-order valence-corrected chi connectivity index (χ3v) is 4.29. The first-order valence-corrected chi connectivity index (χ1v) is 8.78. The zero-order valence-corrected chi connectivity index (χ0v) is 16.1. The van der Waals surface area contributed by atoms with Crippen molar-refractivity contribution in [3.8, 4) is 0 Å². The van der Waals surface area contributed by atoms with Crippen LogP contribution >= 0.6 is 0 Å². The number of nitrogens with one attached hydrogen (secondary N) is 1. The van der Waals surface area contributed by atoms with Crippen LogP contribution in [0.4, 0.5) is 16.4 Å². The van der Waals surface area contributed by atoms with E-state index >= 15 is 0 Å². The average molecular weight is 379 g/mol. The van der Waals surface area contributed by atoms with Crippen LogP contribution in [-0.4, -0.2) is 41.9 Å². The molecule has 144 valence electrons. The lowest BCUT2D eigenvalue weighted by molar-refractivity contribution is -0.122. The lowest BCUT2D eigenvalue weighted by atomic mass is 10.0. The molecule has 0 atom stereocenters. The molecule has 0 saturated carbocycles. The number of barbiturate groups is 1. The van der Waals surface area contributed by atoms with Gasteiger partial charge in [-0.25, -0.2) is 19.7 Å². The zero-order valence-electron chi connectivity index (χ0n) is 16.1. The zero-order chi connectivity index (χ0) is 20.4. The monoisotopic (exact) mass is 379 g/mol. The normalized spacial score (nSPS) is 16.0. The summed E-state index contributed by atoms with van der Waals surface area (Å²) >= 11 is 0. The molecule has 8 heteroatoms. The lowest BCUT2D eigenvalue weighted by Gasteiger charge is -2.26. The molecule has 3 rings (SSSR count). The van der Waals surface area contributed by atoms with Crippen molar-refractivity contribution in [1.29, 1.82) is 0 Å². The minimum atomic E-state index is -0.774. The Kier molecular flexibility index (Phi) is 5.21. The van der Waals surface area contributed by atoms with E-state index in [9.17, 15) is 14.4 Å². The highest BCUT2D eigenvalue weighted by Crippen LogP contribution is 2.24. The molecule has 1 fully saturated rings. The average Bonchev–Trinajstić information content (AvgIpc) is 2.65. The summed E-state index contributed by atoms with van der Waals surface area (Å²) in [5.41, 5.74) is 1.80. The number of rotatable bonds is 4.